The van der Waals surface area contributed by atoms with Gasteiger partial charge < -0.3 is 10.5 Å². The molecule has 0 radical (unpaired) electrons. The summed E-state index contributed by atoms with van der Waals surface area (Å²) in [7, 11) is 0. The van der Waals surface area contributed by atoms with Gasteiger partial charge in [0, 0.05) is 5.92 Å². The van der Waals surface area contributed by atoms with Crippen molar-refractivity contribution in [3.8, 4) is 0 Å². The summed E-state index contributed by atoms with van der Waals surface area (Å²) in [5.41, 5.74) is 4.66. The molecule has 1 saturated carbocycles. The van der Waals surface area contributed by atoms with Crippen LogP contribution in [0.2, 0.25) is 0 Å². The third-order valence-corrected chi connectivity index (χ3v) is 2.62. The average Bonchev–Trinajstić information content (AvgIpc) is 2.79. The molecule has 66 valence electrons. The van der Waals surface area contributed by atoms with E-state index in [-0.39, 0.29) is 11.9 Å². The molecular formula is C8H12N2O2. The fourth-order valence-electron chi connectivity index (χ4n) is 1.77. The lowest BCUT2D eigenvalue weighted by atomic mass is 9.94. The van der Waals surface area contributed by atoms with Gasteiger partial charge >= 0.3 is 0 Å². The Hall–Kier alpha value is -1.06. The van der Waals surface area contributed by atoms with E-state index < -0.39 is 5.60 Å². The molecule has 0 aromatic heterocycles. The van der Waals surface area contributed by atoms with Crippen LogP contribution in [0.4, 0.5) is 0 Å². The van der Waals surface area contributed by atoms with E-state index in [4.69, 9.17) is 10.5 Å². The van der Waals surface area contributed by atoms with Crippen molar-refractivity contribution in [2.45, 2.75) is 31.8 Å². The van der Waals surface area contributed by atoms with Gasteiger partial charge in [0.05, 0.1) is 0 Å². The van der Waals surface area contributed by atoms with E-state index in [0.717, 1.165) is 12.8 Å². The first-order valence-electron chi connectivity index (χ1n) is 4.26. The second-order valence-corrected chi connectivity index (χ2v) is 3.37. The van der Waals surface area contributed by atoms with Crippen molar-refractivity contribution >= 4 is 11.9 Å². The maximum atomic E-state index is 11.4. The molecule has 1 atom stereocenters. The highest BCUT2D eigenvalue weighted by Gasteiger charge is 2.55. The number of amides is 1. The molecule has 1 heterocycles. The van der Waals surface area contributed by atoms with E-state index in [1.807, 2.05) is 6.92 Å². The molecule has 1 aliphatic carbocycles. The maximum Gasteiger partial charge on any atom is 0.294 e. The number of ether oxygens (including phenoxy) is 1. The number of amidine groups is 1. The number of aliphatic imine (C=N–C) groups is 1. The van der Waals surface area contributed by atoms with E-state index in [1.54, 1.807) is 0 Å². The van der Waals surface area contributed by atoms with Crippen LogP contribution in [0.25, 0.3) is 0 Å². The van der Waals surface area contributed by atoms with Gasteiger partial charge in [-0.2, -0.15) is 4.99 Å². The second kappa shape index (κ2) is 2.21. The SMILES string of the molecule is CCC1(C2CC2)OC(N)=NC1=O. The molecule has 1 fully saturated rings. The van der Waals surface area contributed by atoms with Gasteiger partial charge in [0.1, 0.15) is 0 Å². The van der Waals surface area contributed by atoms with Crippen LogP contribution in [0, 0.1) is 5.92 Å². The van der Waals surface area contributed by atoms with E-state index >= 15 is 0 Å². The summed E-state index contributed by atoms with van der Waals surface area (Å²) in [6, 6.07) is 0.0359. The molecule has 0 aromatic carbocycles. The number of nitrogens with zero attached hydrogens (tertiary/aromatic N) is 1. The van der Waals surface area contributed by atoms with Crippen molar-refractivity contribution in [3.05, 3.63) is 0 Å². The van der Waals surface area contributed by atoms with Crippen LogP contribution in [-0.4, -0.2) is 17.5 Å². The van der Waals surface area contributed by atoms with Crippen molar-refractivity contribution in [1.29, 1.82) is 0 Å². The van der Waals surface area contributed by atoms with Gasteiger partial charge in [0.15, 0.2) is 5.60 Å². The van der Waals surface area contributed by atoms with Crippen LogP contribution < -0.4 is 5.73 Å². The Morgan fingerprint density at radius 1 is 1.75 bits per heavy atom. The van der Waals surface area contributed by atoms with Gasteiger partial charge in [-0.3, -0.25) is 4.79 Å². The first-order chi connectivity index (χ1) is 5.69. The highest BCUT2D eigenvalue weighted by atomic mass is 16.5. The lowest BCUT2D eigenvalue weighted by Crippen LogP contribution is -2.39. The third kappa shape index (κ3) is 0.838. The lowest BCUT2D eigenvalue weighted by molar-refractivity contribution is -0.132. The minimum absolute atomic E-state index is 0.0359. The Kier molecular flexibility index (Phi) is 1.40. The zero-order valence-electron chi connectivity index (χ0n) is 7.04. The fourth-order valence-corrected chi connectivity index (χ4v) is 1.77. The molecule has 0 aromatic rings. The molecule has 0 bridgehead atoms. The normalized spacial score (nSPS) is 34.8. The monoisotopic (exact) mass is 168 g/mol. The summed E-state index contributed by atoms with van der Waals surface area (Å²) in [6.07, 6.45) is 2.78. The van der Waals surface area contributed by atoms with E-state index in [0.29, 0.717) is 12.3 Å². The molecule has 1 aliphatic heterocycles. The average molecular weight is 168 g/mol. The minimum atomic E-state index is -0.690. The van der Waals surface area contributed by atoms with Crippen molar-refractivity contribution in [2.24, 2.45) is 16.6 Å². The van der Waals surface area contributed by atoms with Crippen molar-refractivity contribution in [1.82, 2.24) is 0 Å². The number of hydrogen-bond acceptors (Lipinski definition) is 3. The van der Waals surface area contributed by atoms with Gasteiger partial charge in [-0.25, -0.2) is 0 Å². The quantitative estimate of drug-likeness (QED) is 0.649. The molecule has 1 unspecified atom stereocenters. The van der Waals surface area contributed by atoms with Crippen LogP contribution in [0.1, 0.15) is 26.2 Å². The maximum absolute atomic E-state index is 11.4. The van der Waals surface area contributed by atoms with E-state index in [1.165, 1.54) is 0 Å². The summed E-state index contributed by atoms with van der Waals surface area (Å²) in [4.78, 5) is 15.0. The summed E-state index contributed by atoms with van der Waals surface area (Å²) >= 11 is 0. The fraction of sp³-hybridized carbons (Fsp3) is 0.750. The molecule has 2 rings (SSSR count). The summed E-state index contributed by atoms with van der Waals surface area (Å²) in [5, 5.41) is 0. The molecule has 4 nitrogen and oxygen atoms in total. The Morgan fingerprint density at radius 3 is 2.75 bits per heavy atom. The smallest absolute Gasteiger partial charge is 0.294 e. The zero-order valence-corrected chi connectivity index (χ0v) is 7.04. The first kappa shape index (κ1) is 7.58. The first-order valence-corrected chi connectivity index (χ1v) is 4.26. The molecule has 2 N–H and O–H groups in total. The number of carbonyl (C=O) groups is 1. The number of carbonyl (C=O) groups excluding carboxylic acids is 1. The standard InChI is InChI=1S/C8H12N2O2/c1-2-8(5-3-4-5)6(11)10-7(9)12-8/h5H,2-4H2,1H3,(H2,9,10,11). The summed E-state index contributed by atoms with van der Waals surface area (Å²) in [6.45, 7) is 1.93. The Balaban J connectivity index is 2.25. The molecular weight excluding hydrogens is 156 g/mol. The zero-order chi connectivity index (χ0) is 8.77. The van der Waals surface area contributed by atoms with Crippen molar-refractivity contribution < 1.29 is 9.53 Å². The van der Waals surface area contributed by atoms with E-state index in [2.05, 4.69) is 4.99 Å². The predicted molar refractivity (Wildman–Crippen MR) is 43.5 cm³/mol. The Labute approximate surface area is 70.8 Å². The molecule has 12 heavy (non-hydrogen) atoms. The van der Waals surface area contributed by atoms with Gasteiger partial charge in [-0.1, -0.05) is 6.92 Å². The predicted octanol–water partition coefficient (Wildman–Crippen LogP) is 0.417. The van der Waals surface area contributed by atoms with Gasteiger partial charge in [0.25, 0.3) is 11.9 Å². The van der Waals surface area contributed by atoms with Gasteiger partial charge in [-0.15, -0.1) is 0 Å². The molecule has 1 amide bonds. The number of rotatable bonds is 2. The highest BCUT2D eigenvalue weighted by Crippen LogP contribution is 2.46. The number of hydrogen-bond donors (Lipinski definition) is 1. The lowest BCUT2D eigenvalue weighted by Gasteiger charge is -2.23. The third-order valence-electron chi connectivity index (χ3n) is 2.62. The number of nitrogens with two attached hydrogens (primary N) is 1. The Morgan fingerprint density at radius 2 is 2.42 bits per heavy atom. The topological polar surface area (TPSA) is 64.7 Å². The van der Waals surface area contributed by atoms with Crippen LogP contribution in [0.15, 0.2) is 4.99 Å². The molecule has 0 spiro atoms. The van der Waals surface area contributed by atoms with E-state index in [9.17, 15) is 4.79 Å². The second-order valence-electron chi connectivity index (χ2n) is 3.37. The van der Waals surface area contributed by atoms with Gasteiger partial charge in [0.2, 0.25) is 0 Å². The highest BCUT2D eigenvalue weighted by molar-refractivity contribution is 6.01. The molecule has 4 heteroatoms. The van der Waals surface area contributed by atoms with Crippen LogP contribution in [0.3, 0.4) is 0 Å². The Bertz CT molecular complexity index is 258. The van der Waals surface area contributed by atoms with Crippen molar-refractivity contribution in [2.75, 3.05) is 0 Å². The van der Waals surface area contributed by atoms with Crippen LogP contribution >= 0.6 is 0 Å². The minimum Gasteiger partial charge on any atom is -0.448 e. The van der Waals surface area contributed by atoms with Crippen LogP contribution in [0.5, 0.6) is 0 Å². The largest absolute Gasteiger partial charge is 0.448 e. The summed E-state index contributed by atoms with van der Waals surface area (Å²) < 4.78 is 5.31. The van der Waals surface area contributed by atoms with Gasteiger partial charge in [-0.05, 0) is 19.3 Å². The molecule has 0 saturated heterocycles. The van der Waals surface area contributed by atoms with Crippen molar-refractivity contribution in [3.63, 3.8) is 0 Å². The van der Waals surface area contributed by atoms with Crippen LogP contribution in [-0.2, 0) is 9.53 Å². The molecule has 2 aliphatic rings. The summed E-state index contributed by atoms with van der Waals surface area (Å²) in [5.74, 6) is 0.157.